The van der Waals surface area contributed by atoms with Crippen LogP contribution in [0.25, 0.3) is 0 Å². The molecule has 1 rings (SSSR count). The zero-order chi connectivity index (χ0) is 25.3. The summed E-state index contributed by atoms with van der Waals surface area (Å²) in [4.78, 5) is 40.5. The molecule has 3 N–H and O–H groups in total. The molecule has 0 aliphatic carbocycles. The van der Waals surface area contributed by atoms with E-state index in [4.69, 9.17) is 4.74 Å². The van der Waals surface area contributed by atoms with E-state index in [9.17, 15) is 19.5 Å². The minimum absolute atomic E-state index is 0.0564. The molecule has 3 atom stereocenters. The number of hydrogen-bond donors (Lipinski definition) is 3. The number of carbonyl (C=O) groups is 3. The lowest BCUT2D eigenvalue weighted by molar-refractivity contribution is -0.142. The number of nitrogens with one attached hydrogen (secondary N) is 2. The predicted octanol–water partition coefficient (Wildman–Crippen LogP) is 4.20. The summed E-state index contributed by atoms with van der Waals surface area (Å²) in [6, 6.07) is 3.04. The minimum atomic E-state index is -0.904. The second kappa shape index (κ2) is 12.5. The van der Waals surface area contributed by atoms with Crippen LogP contribution in [0.5, 0.6) is 5.75 Å². The van der Waals surface area contributed by atoms with Gasteiger partial charge in [-0.1, -0.05) is 26.3 Å². The molecule has 0 saturated heterocycles. The van der Waals surface area contributed by atoms with Gasteiger partial charge in [0.15, 0.2) is 0 Å². The van der Waals surface area contributed by atoms with Gasteiger partial charge >= 0.3 is 6.09 Å². The highest BCUT2D eigenvalue weighted by Gasteiger charge is 2.34. The third-order valence-corrected chi connectivity index (χ3v) is 5.06. The van der Waals surface area contributed by atoms with Crippen LogP contribution in [0.1, 0.15) is 84.9 Å². The fourth-order valence-electron chi connectivity index (χ4n) is 3.55. The number of carbonyl (C=O) groups excluding carboxylic acids is 3. The molecule has 33 heavy (non-hydrogen) atoms. The Labute approximate surface area is 198 Å². The maximum atomic E-state index is 13.4. The van der Waals surface area contributed by atoms with E-state index in [-0.39, 0.29) is 17.7 Å². The first kappa shape index (κ1) is 28.3. The van der Waals surface area contributed by atoms with Gasteiger partial charge in [-0.05, 0) is 77.6 Å². The predicted molar refractivity (Wildman–Crippen MR) is 129 cm³/mol. The first-order valence-electron chi connectivity index (χ1n) is 11.7. The fraction of sp³-hybridized carbons (Fsp3) is 0.640. The van der Waals surface area contributed by atoms with Crippen molar-refractivity contribution in [2.24, 2.45) is 0 Å². The van der Waals surface area contributed by atoms with Gasteiger partial charge < -0.3 is 25.4 Å². The molecule has 0 fully saturated rings. The molecule has 1 aromatic rings. The molecule has 3 amide bonds. The van der Waals surface area contributed by atoms with E-state index in [1.807, 2.05) is 20.8 Å². The van der Waals surface area contributed by atoms with Crippen LogP contribution in [0.3, 0.4) is 0 Å². The zero-order valence-electron chi connectivity index (χ0n) is 21.3. The zero-order valence-corrected chi connectivity index (χ0v) is 21.3. The van der Waals surface area contributed by atoms with E-state index in [2.05, 4.69) is 10.6 Å². The van der Waals surface area contributed by atoms with Crippen LogP contribution in [0.4, 0.5) is 4.79 Å². The van der Waals surface area contributed by atoms with Crippen LogP contribution in [-0.2, 0) is 14.3 Å². The van der Waals surface area contributed by atoms with Crippen molar-refractivity contribution in [1.29, 1.82) is 0 Å². The summed E-state index contributed by atoms with van der Waals surface area (Å²) in [6.45, 7) is 14.8. The van der Waals surface area contributed by atoms with Crippen LogP contribution >= 0.6 is 0 Å². The Morgan fingerprint density at radius 1 is 1.09 bits per heavy atom. The van der Waals surface area contributed by atoms with Crippen LogP contribution < -0.4 is 10.6 Å². The van der Waals surface area contributed by atoms with Crippen LogP contribution in [0, 0.1) is 6.92 Å². The van der Waals surface area contributed by atoms with Gasteiger partial charge in [0, 0.05) is 12.6 Å². The molecule has 0 aliphatic heterocycles. The first-order valence-corrected chi connectivity index (χ1v) is 11.7. The van der Waals surface area contributed by atoms with Crippen molar-refractivity contribution >= 4 is 17.9 Å². The third-order valence-electron chi connectivity index (χ3n) is 5.06. The second-order valence-electron chi connectivity index (χ2n) is 9.55. The molecule has 0 radical (unpaired) electrons. The summed E-state index contributed by atoms with van der Waals surface area (Å²) < 4.78 is 5.27. The highest BCUT2D eigenvalue weighted by atomic mass is 16.6. The third kappa shape index (κ3) is 8.94. The van der Waals surface area contributed by atoms with Crippen molar-refractivity contribution in [3.05, 3.63) is 29.3 Å². The van der Waals surface area contributed by atoms with Gasteiger partial charge in [0.1, 0.15) is 23.4 Å². The van der Waals surface area contributed by atoms with Crippen LogP contribution in [0.2, 0.25) is 0 Å². The Morgan fingerprint density at radius 2 is 1.73 bits per heavy atom. The lowest BCUT2D eigenvalue weighted by atomic mass is 9.99. The van der Waals surface area contributed by atoms with E-state index in [0.29, 0.717) is 24.1 Å². The summed E-state index contributed by atoms with van der Waals surface area (Å²) in [7, 11) is 0. The smallest absolute Gasteiger partial charge is 0.408 e. The highest BCUT2D eigenvalue weighted by Crippen LogP contribution is 2.27. The number of rotatable bonds is 10. The van der Waals surface area contributed by atoms with Gasteiger partial charge in [-0.15, -0.1) is 0 Å². The maximum Gasteiger partial charge on any atom is 0.408 e. The van der Waals surface area contributed by atoms with Crippen molar-refractivity contribution in [2.75, 3.05) is 6.54 Å². The summed E-state index contributed by atoms with van der Waals surface area (Å²) in [5.41, 5.74) is 0.505. The standard InChI is InChI=1S/C25H41N3O5/c1-9-11-17(4)26-22(30)21(19-12-13-20(29)16(3)15-19)28(14-10-2)23(31)18(5)27-24(32)33-25(6,7)8/h12-13,15,17-18,21,29H,9-11,14H2,1-8H3,(H,26,30)(H,27,32). The average Bonchev–Trinajstić information content (AvgIpc) is 2.68. The Hall–Kier alpha value is -2.77. The molecular weight excluding hydrogens is 422 g/mol. The molecular formula is C25H41N3O5. The Balaban J connectivity index is 3.30. The Kier molecular flexibility index (Phi) is 10.7. The summed E-state index contributed by atoms with van der Waals surface area (Å²) in [5.74, 6) is -0.574. The summed E-state index contributed by atoms with van der Waals surface area (Å²) in [6.07, 6.45) is 1.65. The molecule has 0 bridgehead atoms. The van der Waals surface area contributed by atoms with E-state index in [1.54, 1.807) is 46.8 Å². The molecule has 0 saturated carbocycles. The van der Waals surface area contributed by atoms with Gasteiger partial charge in [-0.2, -0.15) is 0 Å². The van der Waals surface area contributed by atoms with Crippen molar-refractivity contribution in [3.8, 4) is 5.75 Å². The summed E-state index contributed by atoms with van der Waals surface area (Å²) in [5, 5.41) is 15.6. The van der Waals surface area contributed by atoms with E-state index in [1.165, 1.54) is 11.0 Å². The lowest BCUT2D eigenvalue weighted by Gasteiger charge is -2.34. The Morgan fingerprint density at radius 3 is 2.24 bits per heavy atom. The minimum Gasteiger partial charge on any atom is -0.508 e. The molecule has 0 spiro atoms. The monoisotopic (exact) mass is 463 g/mol. The number of phenols is 1. The molecule has 8 heteroatoms. The fourth-order valence-corrected chi connectivity index (χ4v) is 3.55. The van der Waals surface area contributed by atoms with Gasteiger partial charge in [-0.3, -0.25) is 9.59 Å². The molecule has 3 unspecified atom stereocenters. The summed E-state index contributed by atoms with van der Waals surface area (Å²) >= 11 is 0. The molecule has 0 aliphatic rings. The van der Waals surface area contributed by atoms with E-state index in [0.717, 1.165) is 12.8 Å². The normalized spacial score (nSPS) is 14.1. The Bertz CT molecular complexity index is 819. The van der Waals surface area contributed by atoms with Crippen LogP contribution in [0.15, 0.2) is 18.2 Å². The molecule has 186 valence electrons. The molecule has 1 aromatic carbocycles. The molecule has 8 nitrogen and oxygen atoms in total. The maximum absolute atomic E-state index is 13.4. The molecule has 0 heterocycles. The number of ether oxygens (including phenoxy) is 1. The van der Waals surface area contributed by atoms with Crippen molar-refractivity contribution in [2.45, 2.75) is 98.4 Å². The number of hydrogen-bond acceptors (Lipinski definition) is 5. The number of aryl methyl sites for hydroxylation is 1. The average molecular weight is 464 g/mol. The van der Waals surface area contributed by atoms with Crippen molar-refractivity contribution in [3.63, 3.8) is 0 Å². The number of benzene rings is 1. The topological polar surface area (TPSA) is 108 Å². The molecule has 0 aromatic heterocycles. The van der Waals surface area contributed by atoms with Gasteiger partial charge in [0.2, 0.25) is 11.8 Å². The number of nitrogens with zero attached hydrogens (tertiary/aromatic N) is 1. The van der Waals surface area contributed by atoms with E-state index < -0.39 is 29.7 Å². The highest BCUT2D eigenvalue weighted by molar-refractivity contribution is 5.92. The SMILES string of the molecule is CCCC(C)NC(=O)C(c1ccc(O)c(C)c1)N(CCC)C(=O)C(C)NC(=O)OC(C)(C)C. The van der Waals surface area contributed by atoms with Gasteiger partial charge in [0.05, 0.1) is 0 Å². The number of alkyl carbamates (subject to hydrolysis) is 1. The quantitative estimate of drug-likeness (QED) is 0.482. The number of phenolic OH excluding ortho intramolecular Hbond substituents is 1. The van der Waals surface area contributed by atoms with Gasteiger partial charge in [0.25, 0.3) is 0 Å². The number of amides is 3. The van der Waals surface area contributed by atoms with Crippen LogP contribution in [-0.4, -0.2) is 52.1 Å². The largest absolute Gasteiger partial charge is 0.508 e. The van der Waals surface area contributed by atoms with E-state index >= 15 is 0 Å². The first-order chi connectivity index (χ1) is 15.3. The van der Waals surface area contributed by atoms with Crippen molar-refractivity contribution in [1.82, 2.24) is 15.5 Å². The second-order valence-corrected chi connectivity index (χ2v) is 9.55. The number of aromatic hydroxyl groups is 1. The lowest BCUT2D eigenvalue weighted by Crippen LogP contribution is -2.52. The van der Waals surface area contributed by atoms with Crippen molar-refractivity contribution < 1.29 is 24.2 Å². The van der Waals surface area contributed by atoms with Gasteiger partial charge in [-0.25, -0.2) is 4.79 Å².